The Labute approximate surface area is 511 Å². The Morgan fingerprint density at radius 3 is 1.14 bits per heavy atom. The molecule has 6 aromatic carbocycles. The van der Waals surface area contributed by atoms with E-state index in [9.17, 15) is 4.79 Å². The second-order valence-corrected chi connectivity index (χ2v) is 25.7. The minimum absolute atomic E-state index is 0.285. The fourth-order valence-electron chi connectivity index (χ4n) is 7.43. The summed E-state index contributed by atoms with van der Waals surface area (Å²) in [5.41, 5.74) is 19.5. The standard InChI is InChI=1S/C12H18O.C11H16.C10H12O2.2C10H14.C9H13N.2C8H11N/c1-4-9-13-12-7-5-11(6-8-12)10(2)3;1-9-5-7-10(8-6-9)11(2,3)4;1-7(2)8-3-5-9(6-4-8)10(11)12;2*1-10(2,3)9-7-5-4-6-8-9;1-7(2)8-3-5-9(10)6-4-8;1-7(2)8-4-3-5-9-6-8;1-7(2)8-5-3-4-6-9-8/h5-8,10H,4,9H2,1-3H3;5-8H,1-4H3;3-7H,1-2H3,(H,11,12);2*4-8H,1-3H3;3-7H,10H2,1-2H3;2*3-7H,1-2H3. The summed E-state index contributed by atoms with van der Waals surface area (Å²) in [6, 6.07) is 63.3. The SMILES string of the molecule is CC(C)(C)c1ccccc1.CC(C)(C)c1ccccc1.CC(C)c1ccc(C(=O)O)cc1.CC(C)c1ccc(N)cc1.CC(C)c1ccccn1.CC(C)c1cccnc1.CCCOc1ccc(C(C)C)cc1.Cc1ccc(C(C)(C)C)cc1. The molecule has 3 N–H and O–H groups in total. The van der Waals surface area contributed by atoms with Crippen LogP contribution in [-0.4, -0.2) is 27.7 Å². The van der Waals surface area contributed by atoms with Gasteiger partial charge in [-0.05, 0) is 153 Å². The van der Waals surface area contributed by atoms with Crippen molar-refractivity contribution in [1.82, 2.24) is 9.97 Å². The first-order valence-electron chi connectivity index (χ1n) is 30.3. The molecule has 0 aliphatic heterocycles. The van der Waals surface area contributed by atoms with Crippen LogP contribution in [0.5, 0.6) is 5.75 Å². The predicted octanol–water partition coefficient (Wildman–Crippen LogP) is 22.2. The number of anilines is 1. The van der Waals surface area contributed by atoms with Gasteiger partial charge in [0.15, 0.2) is 0 Å². The zero-order valence-corrected chi connectivity index (χ0v) is 55.7. The van der Waals surface area contributed by atoms with Crippen molar-refractivity contribution in [2.45, 2.75) is 198 Å². The molecule has 0 aliphatic rings. The topological polar surface area (TPSA) is 98.3 Å². The van der Waals surface area contributed by atoms with E-state index in [1.54, 1.807) is 18.3 Å². The highest BCUT2D eigenvalue weighted by atomic mass is 16.5. The van der Waals surface area contributed by atoms with Gasteiger partial charge in [-0.2, -0.15) is 0 Å². The highest BCUT2D eigenvalue weighted by Gasteiger charge is 2.13. The summed E-state index contributed by atoms with van der Waals surface area (Å²) in [6.07, 6.45) is 6.60. The van der Waals surface area contributed by atoms with Gasteiger partial charge in [0, 0.05) is 30.0 Å². The quantitative estimate of drug-likeness (QED) is 0.140. The number of nitrogen functional groups attached to an aromatic ring is 1. The van der Waals surface area contributed by atoms with Crippen LogP contribution in [0.3, 0.4) is 0 Å². The number of benzene rings is 6. The Morgan fingerprint density at radius 1 is 0.452 bits per heavy atom. The molecule has 0 atom stereocenters. The van der Waals surface area contributed by atoms with Crippen LogP contribution in [0.4, 0.5) is 5.69 Å². The third-order valence-corrected chi connectivity index (χ3v) is 13.3. The van der Waals surface area contributed by atoms with Gasteiger partial charge in [0.1, 0.15) is 5.75 Å². The third kappa shape index (κ3) is 33.1. The van der Waals surface area contributed by atoms with Crippen molar-refractivity contribution < 1.29 is 14.6 Å². The van der Waals surface area contributed by atoms with E-state index in [-0.39, 0.29) is 5.41 Å². The van der Waals surface area contributed by atoms with Crippen molar-refractivity contribution in [2.75, 3.05) is 12.3 Å². The molecule has 0 spiro atoms. The number of aryl methyl sites for hydroxylation is 1. The summed E-state index contributed by atoms with van der Waals surface area (Å²) in [4.78, 5) is 18.7. The second-order valence-electron chi connectivity index (χ2n) is 25.7. The molecule has 0 radical (unpaired) electrons. The van der Waals surface area contributed by atoms with E-state index in [1.807, 2.05) is 73.1 Å². The first-order valence-corrected chi connectivity index (χ1v) is 30.3. The van der Waals surface area contributed by atoms with Crippen LogP contribution in [-0.2, 0) is 16.2 Å². The zero-order chi connectivity index (χ0) is 63.5. The maximum atomic E-state index is 10.5. The number of nitrogens with zero attached hydrogens (tertiary/aromatic N) is 2. The maximum Gasteiger partial charge on any atom is 0.335 e. The van der Waals surface area contributed by atoms with E-state index in [2.05, 4.69) is 271 Å². The normalized spacial score (nSPS) is 10.7. The molecule has 84 heavy (non-hydrogen) atoms. The summed E-state index contributed by atoms with van der Waals surface area (Å²) in [6.45, 7) is 46.6. The van der Waals surface area contributed by atoms with Crippen LogP contribution in [0.2, 0.25) is 0 Å². The minimum Gasteiger partial charge on any atom is -0.494 e. The number of aromatic nitrogens is 2. The molecule has 2 heterocycles. The van der Waals surface area contributed by atoms with E-state index in [1.165, 1.54) is 44.5 Å². The summed E-state index contributed by atoms with van der Waals surface area (Å²) in [7, 11) is 0. The minimum atomic E-state index is -0.870. The van der Waals surface area contributed by atoms with Crippen molar-refractivity contribution in [3.63, 3.8) is 0 Å². The average Bonchev–Trinajstić information content (AvgIpc) is 3.56. The number of hydrogen-bond acceptors (Lipinski definition) is 5. The third-order valence-electron chi connectivity index (χ3n) is 13.3. The molecule has 2 aromatic heterocycles. The maximum absolute atomic E-state index is 10.5. The number of pyridine rings is 2. The molecule has 0 fully saturated rings. The van der Waals surface area contributed by atoms with Crippen LogP contribution in [0.1, 0.15) is 235 Å². The number of nitrogens with two attached hydrogens (primary N) is 1. The average molecular weight is 1140 g/mol. The van der Waals surface area contributed by atoms with Crippen LogP contribution in [0.25, 0.3) is 0 Å². The first kappa shape index (κ1) is 74.7. The number of rotatable bonds is 9. The van der Waals surface area contributed by atoms with Gasteiger partial charge in [0.25, 0.3) is 0 Å². The summed E-state index contributed by atoms with van der Waals surface area (Å²) >= 11 is 0. The summed E-state index contributed by atoms with van der Waals surface area (Å²) in [5.74, 6) is 2.90. The van der Waals surface area contributed by atoms with Gasteiger partial charge >= 0.3 is 5.97 Å². The first-order chi connectivity index (χ1) is 39.4. The fourth-order valence-corrected chi connectivity index (χ4v) is 7.43. The van der Waals surface area contributed by atoms with Gasteiger partial charge in [0.05, 0.1) is 12.2 Å². The van der Waals surface area contributed by atoms with E-state index in [0.717, 1.165) is 30.2 Å². The number of hydrogen-bond donors (Lipinski definition) is 2. The fraction of sp³-hybridized carbons (Fsp3) is 0.397. The zero-order valence-electron chi connectivity index (χ0n) is 55.7. The van der Waals surface area contributed by atoms with E-state index >= 15 is 0 Å². The summed E-state index contributed by atoms with van der Waals surface area (Å²) in [5, 5.41) is 8.61. The molecule has 0 saturated heterocycles. The Morgan fingerprint density at radius 2 is 0.845 bits per heavy atom. The van der Waals surface area contributed by atoms with Gasteiger partial charge in [-0.3, -0.25) is 9.97 Å². The molecule has 6 nitrogen and oxygen atoms in total. The van der Waals surface area contributed by atoms with Gasteiger partial charge in [-0.25, -0.2) is 4.79 Å². The molecular weight excluding hydrogens is 1030 g/mol. The molecule has 454 valence electrons. The van der Waals surface area contributed by atoms with E-state index in [4.69, 9.17) is 15.6 Å². The molecular formula is C78H109N3O3. The van der Waals surface area contributed by atoms with Crippen molar-refractivity contribution in [3.8, 4) is 5.75 Å². The lowest BCUT2D eigenvalue weighted by Crippen LogP contribution is -2.10. The van der Waals surface area contributed by atoms with Gasteiger partial charge in [-0.15, -0.1) is 0 Å². The number of ether oxygens (including phenoxy) is 1. The Kier molecular flexibility index (Phi) is 34.9. The van der Waals surface area contributed by atoms with Crippen molar-refractivity contribution in [3.05, 3.63) is 262 Å². The molecule has 0 amide bonds. The lowest BCUT2D eigenvalue weighted by atomic mass is 9.87. The van der Waals surface area contributed by atoms with Crippen molar-refractivity contribution in [2.24, 2.45) is 0 Å². The summed E-state index contributed by atoms with van der Waals surface area (Å²) < 4.78 is 5.49. The van der Waals surface area contributed by atoms with E-state index < -0.39 is 5.97 Å². The lowest BCUT2D eigenvalue weighted by molar-refractivity contribution is 0.0696. The molecule has 0 aliphatic carbocycles. The van der Waals surface area contributed by atoms with Crippen molar-refractivity contribution >= 4 is 11.7 Å². The molecule has 0 saturated carbocycles. The number of carboxylic acids is 1. The second kappa shape index (κ2) is 39.3. The molecule has 0 unspecified atom stereocenters. The van der Waals surface area contributed by atoms with Gasteiger partial charge in [0.2, 0.25) is 0 Å². The highest BCUT2D eigenvalue weighted by Crippen LogP contribution is 2.24. The number of aromatic carboxylic acids is 1. The molecule has 0 bridgehead atoms. The van der Waals surface area contributed by atoms with Crippen LogP contribution in [0.15, 0.2) is 207 Å². The van der Waals surface area contributed by atoms with Gasteiger partial charge in [-0.1, -0.05) is 277 Å². The van der Waals surface area contributed by atoms with Crippen LogP contribution >= 0.6 is 0 Å². The van der Waals surface area contributed by atoms with Crippen molar-refractivity contribution in [1.29, 1.82) is 0 Å². The van der Waals surface area contributed by atoms with Crippen LogP contribution < -0.4 is 10.5 Å². The number of carboxylic acid groups (broad SMARTS) is 1. The number of carbonyl (C=O) groups is 1. The molecule has 6 heteroatoms. The van der Waals surface area contributed by atoms with Crippen LogP contribution in [0, 0.1) is 6.92 Å². The van der Waals surface area contributed by atoms with E-state index in [0.29, 0.717) is 46.0 Å². The Balaban J connectivity index is 0.000000481. The highest BCUT2D eigenvalue weighted by molar-refractivity contribution is 5.87. The lowest BCUT2D eigenvalue weighted by Gasteiger charge is -2.18. The smallest absolute Gasteiger partial charge is 0.335 e. The molecule has 8 rings (SSSR count). The Bertz CT molecular complexity index is 2780. The Hall–Kier alpha value is -7.31. The van der Waals surface area contributed by atoms with Gasteiger partial charge < -0.3 is 15.6 Å². The largest absolute Gasteiger partial charge is 0.494 e. The monoisotopic (exact) mass is 1140 g/mol. The predicted molar refractivity (Wildman–Crippen MR) is 366 cm³/mol. The molecule has 8 aromatic rings.